The Hall–Kier alpha value is -1.10. The van der Waals surface area contributed by atoms with Gasteiger partial charge in [0.05, 0.1) is 11.5 Å². The van der Waals surface area contributed by atoms with Gasteiger partial charge < -0.3 is 10.1 Å². The van der Waals surface area contributed by atoms with Crippen molar-refractivity contribution in [2.75, 3.05) is 31.2 Å². The summed E-state index contributed by atoms with van der Waals surface area (Å²) < 4.78 is 6.47. The van der Waals surface area contributed by atoms with E-state index < -0.39 is 11.9 Å². The third-order valence-electron chi connectivity index (χ3n) is 3.34. The van der Waals surface area contributed by atoms with Crippen LogP contribution in [0.2, 0.25) is 0 Å². The van der Waals surface area contributed by atoms with E-state index in [0.717, 1.165) is 14.9 Å². The van der Waals surface area contributed by atoms with E-state index in [1.165, 1.54) is 28.4 Å². The SMILES string of the molecule is Cc1cc(Br)ccc1SCC(=O)OCC(=O)NCCN1C(=O)CSC1=S. The highest BCUT2D eigenvalue weighted by Gasteiger charge is 2.25. The third kappa shape index (κ3) is 6.57. The number of esters is 1. The molecule has 0 unspecified atom stereocenters. The number of benzene rings is 1. The number of amides is 2. The topological polar surface area (TPSA) is 75.7 Å². The monoisotopic (exact) mass is 476 g/mol. The van der Waals surface area contributed by atoms with Crippen LogP contribution in [-0.2, 0) is 19.1 Å². The summed E-state index contributed by atoms with van der Waals surface area (Å²) in [7, 11) is 0. The van der Waals surface area contributed by atoms with Crippen molar-refractivity contribution in [3.8, 4) is 0 Å². The lowest BCUT2D eigenvalue weighted by atomic mass is 10.2. The van der Waals surface area contributed by atoms with Crippen LogP contribution < -0.4 is 5.32 Å². The molecule has 1 aliphatic rings. The van der Waals surface area contributed by atoms with Crippen LogP contribution in [0.1, 0.15) is 5.56 Å². The van der Waals surface area contributed by atoms with E-state index in [4.69, 9.17) is 17.0 Å². The maximum Gasteiger partial charge on any atom is 0.316 e. The van der Waals surface area contributed by atoms with Crippen molar-refractivity contribution < 1.29 is 19.1 Å². The van der Waals surface area contributed by atoms with Crippen LogP contribution in [0.5, 0.6) is 0 Å². The first-order chi connectivity index (χ1) is 12.4. The molecule has 0 bridgehead atoms. The minimum absolute atomic E-state index is 0.0547. The number of ether oxygens (including phenoxy) is 1. The normalized spacial score (nSPS) is 13.8. The Morgan fingerprint density at radius 3 is 2.88 bits per heavy atom. The van der Waals surface area contributed by atoms with Crippen molar-refractivity contribution in [3.63, 3.8) is 0 Å². The van der Waals surface area contributed by atoms with Crippen LogP contribution >= 0.6 is 51.7 Å². The number of hydrogen-bond donors (Lipinski definition) is 1. The number of nitrogens with one attached hydrogen (secondary N) is 1. The molecule has 0 atom stereocenters. The number of thiocarbonyl (C=S) groups is 1. The van der Waals surface area contributed by atoms with E-state index in [2.05, 4.69) is 21.2 Å². The Kier molecular flexibility index (Phi) is 8.39. The number of carbonyl (C=O) groups excluding carboxylic acids is 3. The first kappa shape index (κ1) is 21.2. The largest absolute Gasteiger partial charge is 0.455 e. The molecule has 10 heteroatoms. The molecule has 0 aliphatic carbocycles. The molecule has 0 radical (unpaired) electrons. The van der Waals surface area contributed by atoms with Gasteiger partial charge in [0.25, 0.3) is 5.91 Å². The van der Waals surface area contributed by atoms with Crippen molar-refractivity contribution in [2.45, 2.75) is 11.8 Å². The van der Waals surface area contributed by atoms with E-state index in [9.17, 15) is 14.4 Å². The molecule has 0 spiro atoms. The number of aryl methyl sites for hydroxylation is 1. The van der Waals surface area contributed by atoms with Gasteiger partial charge in [0.1, 0.15) is 4.32 Å². The summed E-state index contributed by atoms with van der Waals surface area (Å²) in [5.74, 6) is -0.447. The Morgan fingerprint density at radius 1 is 1.46 bits per heavy atom. The second-order valence-electron chi connectivity index (χ2n) is 5.31. The van der Waals surface area contributed by atoms with Gasteiger partial charge in [0.2, 0.25) is 5.91 Å². The number of hydrogen-bond acceptors (Lipinski definition) is 7. The third-order valence-corrected chi connectivity index (χ3v) is 6.42. The smallest absolute Gasteiger partial charge is 0.316 e. The fourth-order valence-electron chi connectivity index (χ4n) is 2.05. The maximum atomic E-state index is 11.8. The predicted molar refractivity (Wildman–Crippen MR) is 110 cm³/mol. The van der Waals surface area contributed by atoms with Gasteiger partial charge in [0, 0.05) is 22.5 Å². The molecule has 1 aromatic rings. The van der Waals surface area contributed by atoms with Crippen LogP contribution in [0.3, 0.4) is 0 Å². The fraction of sp³-hybridized carbons (Fsp3) is 0.375. The Balaban J connectivity index is 1.63. The number of thioether (sulfide) groups is 2. The molecule has 0 aromatic heterocycles. The minimum atomic E-state index is -0.459. The first-order valence-corrected chi connectivity index (χ1v) is 10.8. The highest BCUT2D eigenvalue weighted by atomic mass is 79.9. The van der Waals surface area contributed by atoms with Gasteiger partial charge in [-0.15, -0.1) is 11.8 Å². The van der Waals surface area contributed by atoms with Gasteiger partial charge in [0.15, 0.2) is 6.61 Å². The van der Waals surface area contributed by atoms with Crippen LogP contribution in [0.15, 0.2) is 27.6 Å². The standard InChI is InChI=1S/C16H17BrN2O4S3/c1-10-6-11(17)2-3-12(10)25-9-15(22)23-7-13(20)18-4-5-19-14(21)8-26-16(19)24/h2-3,6H,4-5,7-9H2,1H3,(H,18,20). The van der Waals surface area contributed by atoms with Gasteiger partial charge in [-0.3, -0.25) is 19.3 Å². The Labute approximate surface area is 173 Å². The molecular weight excluding hydrogens is 460 g/mol. The molecule has 26 heavy (non-hydrogen) atoms. The minimum Gasteiger partial charge on any atom is -0.455 e. The number of carbonyl (C=O) groups is 3. The molecule has 6 nitrogen and oxygen atoms in total. The number of halogens is 1. The highest BCUT2D eigenvalue weighted by molar-refractivity contribution is 9.10. The van der Waals surface area contributed by atoms with Crippen LogP contribution in [0, 0.1) is 6.92 Å². The molecule has 1 saturated heterocycles. The van der Waals surface area contributed by atoms with E-state index in [1.807, 2.05) is 25.1 Å². The van der Waals surface area contributed by atoms with Crippen molar-refractivity contribution in [2.24, 2.45) is 0 Å². The van der Waals surface area contributed by atoms with Crippen LogP contribution in [-0.4, -0.2) is 58.2 Å². The van der Waals surface area contributed by atoms with E-state index >= 15 is 0 Å². The van der Waals surface area contributed by atoms with Crippen molar-refractivity contribution in [1.82, 2.24) is 10.2 Å². The Morgan fingerprint density at radius 2 is 2.23 bits per heavy atom. The van der Waals surface area contributed by atoms with E-state index in [-0.39, 0.29) is 24.8 Å². The molecule has 1 aromatic carbocycles. The van der Waals surface area contributed by atoms with Gasteiger partial charge in [-0.1, -0.05) is 39.9 Å². The number of nitrogens with zero attached hydrogens (tertiary/aromatic N) is 1. The zero-order valence-corrected chi connectivity index (χ0v) is 18.0. The average Bonchev–Trinajstić information content (AvgIpc) is 2.91. The zero-order valence-electron chi connectivity index (χ0n) is 14.0. The van der Waals surface area contributed by atoms with E-state index in [1.54, 1.807) is 0 Å². The second kappa shape index (κ2) is 10.3. The summed E-state index contributed by atoms with van der Waals surface area (Å²) in [5.41, 5.74) is 1.06. The summed E-state index contributed by atoms with van der Waals surface area (Å²) in [5, 5.41) is 2.60. The predicted octanol–water partition coefficient (Wildman–Crippen LogP) is 2.37. The quantitative estimate of drug-likeness (QED) is 0.350. The van der Waals surface area contributed by atoms with Crippen LogP contribution in [0.4, 0.5) is 0 Å². The maximum absolute atomic E-state index is 11.8. The molecule has 1 fully saturated rings. The lowest BCUT2D eigenvalue weighted by Gasteiger charge is -2.15. The van der Waals surface area contributed by atoms with Gasteiger partial charge in [-0.05, 0) is 30.7 Å². The summed E-state index contributed by atoms with van der Waals surface area (Å²) in [4.78, 5) is 37.5. The molecule has 2 amide bonds. The van der Waals surface area contributed by atoms with Crippen molar-refractivity contribution >= 4 is 73.8 Å². The molecule has 140 valence electrons. The first-order valence-electron chi connectivity index (χ1n) is 7.65. The molecule has 1 heterocycles. The average molecular weight is 477 g/mol. The summed E-state index contributed by atoms with van der Waals surface area (Å²) in [6.45, 7) is 2.20. The van der Waals surface area contributed by atoms with Crippen molar-refractivity contribution in [1.29, 1.82) is 0 Å². The van der Waals surface area contributed by atoms with E-state index in [0.29, 0.717) is 16.6 Å². The zero-order chi connectivity index (χ0) is 19.1. The molecule has 1 aliphatic heterocycles. The van der Waals surface area contributed by atoms with Gasteiger partial charge in [-0.2, -0.15) is 0 Å². The second-order valence-corrected chi connectivity index (χ2v) is 8.85. The Bertz CT molecular complexity index is 713. The highest BCUT2D eigenvalue weighted by Crippen LogP contribution is 2.25. The molecule has 1 N–H and O–H groups in total. The van der Waals surface area contributed by atoms with Gasteiger partial charge in [-0.25, -0.2) is 0 Å². The summed E-state index contributed by atoms with van der Waals surface area (Å²) in [6.07, 6.45) is 0. The summed E-state index contributed by atoms with van der Waals surface area (Å²) in [6, 6.07) is 5.80. The van der Waals surface area contributed by atoms with Crippen LogP contribution in [0.25, 0.3) is 0 Å². The molecule has 2 rings (SSSR count). The lowest BCUT2D eigenvalue weighted by Crippen LogP contribution is -2.38. The van der Waals surface area contributed by atoms with Crippen molar-refractivity contribution in [3.05, 3.63) is 28.2 Å². The fourth-order valence-corrected chi connectivity index (χ4v) is 4.46. The molecular formula is C16H17BrN2O4S3. The number of rotatable bonds is 8. The lowest BCUT2D eigenvalue weighted by molar-refractivity contribution is -0.145. The summed E-state index contributed by atoms with van der Waals surface area (Å²) >= 11 is 11.1. The molecule has 0 saturated carbocycles. The van der Waals surface area contributed by atoms with Gasteiger partial charge >= 0.3 is 5.97 Å².